The van der Waals surface area contributed by atoms with Crippen molar-refractivity contribution in [3.63, 3.8) is 0 Å². The fourth-order valence-electron chi connectivity index (χ4n) is 2.16. The van der Waals surface area contributed by atoms with Crippen molar-refractivity contribution in [2.45, 2.75) is 46.3 Å². The maximum absolute atomic E-state index is 5.19. The average molecular weight is 344 g/mol. The van der Waals surface area contributed by atoms with Crippen molar-refractivity contribution in [3.8, 4) is 5.75 Å². The summed E-state index contributed by atoms with van der Waals surface area (Å²) in [6, 6.07) is 8.28. The van der Waals surface area contributed by atoms with Crippen molar-refractivity contribution in [1.29, 1.82) is 0 Å². The number of hydrogen-bond acceptors (Lipinski definition) is 4. The maximum atomic E-state index is 5.19. The molecule has 0 fully saturated rings. The van der Waals surface area contributed by atoms with Crippen LogP contribution < -0.4 is 15.4 Å². The van der Waals surface area contributed by atoms with Gasteiger partial charge in [-0.2, -0.15) is 0 Å². The molecule has 25 heavy (non-hydrogen) atoms. The first-order chi connectivity index (χ1) is 12.0. The molecule has 0 saturated carbocycles. The lowest BCUT2D eigenvalue weighted by atomic mass is 10.2. The van der Waals surface area contributed by atoms with Gasteiger partial charge in [-0.1, -0.05) is 19.1 Å². The molecule has 0 saturated heterocycles. The zero-order chi connectivity index (χ0) is 18.2. The van der Waals surface area contributed by atoms with E-state index in [2.05, 4.69) is 39.7 Å². The third kappa shape index (κ3) is 5.48. The van der Waals surface area contributed by atoms with E-state index >= 15 is 0 Å². The Balaban J connectivity index is 2.04. The second-order valence-electron chi connectivity index (χ2n) is 6.04. The van der Waals surface area contributed by atoms with Crippen molar-refractivity contribution in [2.24, 2.45) is 12.0 Å². The highest BCUT2D eigenvalue weighted by molar-refractivity contribution is 5.80. The fraction of sp³-hybridized carbons (Fsp3) is 0.500. The summed E-state index contributed by atoms with van der Waals surface area (Å²) >= 11 is 0. The van der Waals surface area contributed by atoms with Gasteiger partial charge in [0.05, 0.1) is 20.2 Å². The molecule has 0 bridgehead atoms. The standard InChI is InChI=1S/C18H28N6O/c1-6-13(2)21-18(20-12-17-23-22-14(3)24(17)4)19-11-15-7-9-16(25-5)10-8-15/h7-10,13H,6,11-12H2,1-5H3,(H2,19,20,21). The first kappa shape index (κ1) is 18.8. The summed E-state index contributed by atoms with van der Waals surface area (Å²) in [5, 5.41) is 15.0. The number of rotatable bonds is 7. The van der Waals surface area contributed by atoms with E-state index in [0.717, 1.165) is 35.3 Å². The molecule has 0 aliphatic heterocycles. The third-order valence-corrected chi connectivity index (χ3v) is 4.17. The lowest BCUT2D eigenvalue weighted by molar-refractivity contribution is 0.414. The summed E-state index contributed by atoms with van der Waals surface area (Å²) in [6.07, 6.45) is 1.02. The zero-order valence-electron chi connectivity index (χ0n) is 15.7. The Hall–Kier alpha value is -2.57. The van der Waals surface area contributed by atoms with Gasteiger partial charge in [0, 0.05) is 13.1 Å². The average Bonchev–Trinajstić information content (AvgIpc) is 2.96. The monoisotopic (exact) mass is 344 g/mol. The van der Waals surface area contributed by atoms with Gasteiger partial charge in [-0.15, -0.1) is 10.2 Å². The van der Waals surface area contributed by atoms with Crippen LogP contribution in [0.5, 0.6) is 5.75 Å². The van der Waals surface area contributed by atoms with Crippen LogP contribution in [0, 0.1) is 6.92 Å². The predicted molar refractivity (Wildman–Crippen MR) is 99.6 cm³/mol. The summed E-state index contributed by atoms with van der Waals surface area (Å²) in [4.78, 5) is 4.69. The molecule has 1 aromatic carbocycles. The number of aryl methyl sites for hydroxylation is 1. The molecule has 2 aromatic rings. The molecule has 0 radical (unpaired) electrons. The number of aromatic nitrogens is 3. The van der Waals surface area contributed by atoms with E-state index in [0.29, 0.717) is 19.1 Å². The number of aliphatic imine (C=N–C) groups is 1. The summed E-state index contributed by atoms with van der Waals surface area (Å²) in [7, 11) is 3.63. The van der Waals surface area contributed by atoms with Gasteiger partial charge in [0.15, 0.2) is 11.8 Å². The van der Waals surface area contributed by atoms with E-state index in [-0.39, 0.29) is 0 Å². The van der Waals surface area contributed by atoms with Gasteiger partial charge in [-0.05, 0) is 38.0 Å². The molecule has 7 nitrogen and oxygen atoms in total. The minimum atomic E-state index is 0.336. The van der Waals surface area contributed by atoms with Gasteiger partial charge in [0.25, 0.3) is 0 Å². The van der Waals surface area contributed by atoms with E-state index in [1.54, 1.807) is 7.11 Å². The first-order valence-electron chi connectivity index (χ1n) is 8.56. The summed E-state index contributed by atoms with van der Waals surface area (Å²) < 4.78 is 7.16. The molecular weight excluding hydrogens is 316 g/mol. The minimum Gasteiger partial charge on any atom is -0.497 e. The highest BCUT2D eigenvalue weighted by Crippen LogP contribution is 2.11. The Bertz CT molecular complexity index is 692. The molecule has 0 spiro atoms. The van der Waals surface area contributed by atoms with Crippen LogP contribution in [0.2, 0.25) is 0 Å². The lowest BCUT2D eigenvalue weighted by Crippen LogP contribution is -2.42. The van der Waals surface area contributed by atoms with E-state index in [4.69, 9.17) is 4.74 Å². The first-order valence-corrected chi connectivity index (χ1v) is 8.56. The lowest BCUT2D eigenvalue weighted by Gasteiger charge is -2.17. The van der Waals surface area contributed by atoms with Crippen molar-refractivity contribution in [3.05, 3.63) is 41.5 Å². The number of nitrogens with zero attached hydrogens (tertiary/aromatic N) is 4. The Kier molecular flexibility index (Phi) is 6.80. The molecule has 0 aliphatic rings. The van der Waals surface area contributed by atoms with Crippen LogP contribution in [0.1, 0.15) is 37.5 Å². The van der Waals surface area contributed by atoms with E-state index in [9.17, 15) is 0 Å². The molecule has 2 N–H and O–H groups in total. The normalized spacial score (nSPS) is 12.8. The van der Waals surface area contributed by atoms with Crippen LogP contribution in [0.3, 0.4) is 0 Å². The molecule has 2 rings (SSSR count). The second kappa shape index (κ2) is 9.05. The van der Waals surface area contributed by atoms with Gasteiger partial charge in [-0.25, -0.2) is 4.99 Å². The number of benzene rings is 1. The summed E-state index contributed by atoms with van der Waals surface area (Å²) in [5.74, 6) is 3.39. The minimum absolute atomic E-state index is 0.336. The summed E-state index contributed by atoms with van der Waals surface area (Å²) in [6.45, 7) is 7.38. The highest BCUT2D eigenvalue weighted by Gasteiger charge is 2.08. The molecule has 1 heterocycles. The molecule has 1 aromatic heterocycles. The molecule has 1 atom stereocenters. The molecule has 0 aliphatic carbocycles. The van der Waals surface area contributed by atoms with Crippen molar-refractivity contribution in [1.82, 2.24) is 25.4 Å². The topological polar surface area (TPSA) is 76.4 Å². The Morgan fingerprint density at radius 3 is 2.56 bits per heavy atom. The quantitative estimate of drug-likeness (QED) is 0.595. The zero-order valence-corrected chi connectivity index (χ0v) is 15.7. The van der Waals surface area contributed by atoms with Crippen LogP contribution in [0.4, 0.5) is 0 Å². The molecular formula is C18H28N6O. The van der Waals surface area contributed by atoms with Crippen LogP contribution >= 0.6 is 0 Å². The fourth-order valence-corrected chi connectivity index (χ4v) is 2.16. The molecule has 1 unspecified atom stereocenters. The van der Waals surface area contributed by atoms with E-state index < -0.39 is 0 Å². The molecule has 7 heteroatoms. The summed E-state index contributed by atoms with van der Waals surface area (Å²) in [5.41, 5.74) is 1.13. The Morgan fingerprint density at radius 2 is 2.00 bits per heavy atom. The predicted octanol–water partition coefficient (Wildman–Crippen LogP) is 2.17. The van der Waals surface area contributed by atoms with Crippen LogP contribution in [-0.4, -0.2) is 33.9 Å². The Morgan fingerprint density at radius 1 is 1.28 bits per heavy atom. The van der Waals surface area contributed by atoms with Crippen molar-refractivity contribution in [2.75, 3.05) is 7.11 Å². The van der Waals surface area contributed by atoms with Crippen LogP contribution in [-0.2, 0) is 20.1 Å². The van der Waals surface area contributed by atoms with Gasteiger partial charge in [-0.3, -0.25) is 0 Å². The second-order valence-corrected chi connectivity index (χ2v) is 6.04. The van der Waals surface area contributed by atoms with Crippen molar-refractivity contribution < 1.29 is 4.74 Å². The number of methoxy groups -OCH3 is 1. The third-order valence-electron chi connectivity index (χ3n) is 4.17. The van der Waals surface area contributed by atoms with E-state index in [1.165, 1.54) is 0 Å². The number of ether oxygens (including phenoxy) is 1. The molecule has 136 valence electrons. The smallest absolute Gasteiger partial charge is 0.192 e. The number of guanidine groups is 1. The molecule has 0 amide bonds. The van der Waals surface area contributed by atoms with E-state index in [1.807, 2.05) is 42.8 Å². The SMILES string of the molecule is CCC(C)NC(=NCc1ccc(OC)cc1)NCc1nnc(C)n1C. The van der Waals surface area contributed by atoms with Gasteiger partial charge in [0.2, 0.25) is 0 Å². The van der Waals surface area contributed by atoms with Gasteiger partial charge in [0.1, 0.15) is 11.6 Å². The number of hydrogen-bond donors (Lipinski definition) is 2. The van der Waals surface area contributed by atoms with Gasteiger partial charge >= 0.3 is 0 Å². The van der Waals surface area contributed by atoms with Crippen LogP contribution in [0.15, 0.2) is 29.3 Å². The van der Waals surface area contributed by atoms with Gasteiger partial charge < -0.3 is 19.9 Å². The van der Waals surface area contributed by atoms with Crippen molar-refractivity contribution >= 4 is 5.96 Å². The maximum Gasteiger partial charge on any atom is 0.192 e. The number of nitrogens with one attached hydrogen (secondary N) is 2. The van der Waals surface area contributed by atoms with Crippen LogP contribution in [0.25, 0.3) is 0 Å². The Labute approximate surface area is 149 Å². The highest BCUT2D eigenvalue weighted by atomic mass is 16.5. The largest absolute Gasteiger partial charge is 0.497 e.